The SMILES string of the molecule is Cn1cc(-c2cnc(OC3CCN(S(=O)(=O)c4cccnc4)CC3)nc2)cn1. The van der Waals surface area contributed by atoms with Gasteiger partial charge in [0.25, 0.3) is 0 Å². The third kappa shape index (κ3) is 3.87. The summed E-state index contributed by atoms with van der Waals surface area (Å²) in [4.78, 5) is 12.6. The summed E-state index contributed by atoms with van der Waals surface area (Å²) in [6.45, 7) is 0.769. The van der Waals surface area contributed by atoms with E-state index < -0.39 is 10.0 Å². The summed E-state index contributed by atoms with van der Waals surface area (Å²) in [5.74, 6) is 0. The zero-order valence-electron chi connectivity index (χ0n) is 15.3. The lowest BCUT2D eigenvalue weighted by Gasteiger charge is -2.30. The average Bonchev–Trinajstić information content (AvgIpc) is 3.16. The smallest absolute Gasteiger partial charge is 0.316 e. The van der Waals surface area contributed by atoms with Crippen molar-refractivity contribution in [2.45, 2.75) is 23.8 Å². The zero-order chi connectivity index (χ0) is 19.6. The van der Waals surface area contributed by atoms with Crippen LogP contribution >= 0.6 is 0 Å². The highest BCUT2D eigenvalue weighted by Crippen LogP contribution is 2.23. The van der Waals surface area contributed by atoms with E-state index in [4.69, 9.17) is 4.74 Å². The van der Waals surface area contributed by atoms with Gasteiger partial charge in [0.05, 0.1) is 6.20 Å². The standard InChI is InChI=1S/C18H20N6O3S/c1-23-13-15(11-22-23)14-9-20-18(21-10-14)27-16-4-7-24(8-5-16)28(25,26)17-3-2-6-19-12-17/h2-3,6,9-13,16H,4-5,7-8H2,1H3. The molecule has 0 aliphatic carbocycles. The Morgan fingerprint density at radius 3 is 2.43 bits per heavy atom. The molecule has 0 unspecified atom stereocenters. The third-order valence-electron chi connectivity index (χ3n) is 4.61. The summed E-state index contributed by atoms with van der Waals surface area (Å²) < 4.78 is 34.3. The number of pyridine rings is 1. The molecule has 28 heavy (non-hydrogen) atoms. The molecule has 1 aliphatic heterocycles. The van der Waals surface area contributed by atoms with Crippen LogP contribution in [0.4, 0.5) is 0 Å². The van der Waals surface area contributed by atoms with Crippen LogP contribution in [-0.2, 0) is 17.1 Å². The maximum absolute atomic E-state index is 12.6. The molecule has 0 N–H and O–H groups in total. The molecule has 0 aromatic carbocycles. The van der Waals surface area contributed by atoms with Crippen molar-refractivity contribution in [2.24, 2.45) is 7.05 Å². The summed E-state index contributed by atoms with van der Waals surface area (Å²) in [6, 6.07) is 3.47. The number of ether oxygens (including phenoxy) is 1. The van der Waals surface area contributed by atoms with E-state index in [1.165, 1.54) is 10.5 Å². The van der Waals surface area contributed by atoms with E-state index in [1.807, 2.05) is 13.2 Å². The zero-order valence-corrected chi connectivity index (χ0v) is 16.2. The normalized spacial score (nSPS) is 16.2. The second-order valence-electron chi connectivity index (χ2n) is 6.57. The Balaban J connectivity index is 1.36. The van der Waals surface area contributed by atoms with Crippen molar-refractivity contribution in [1.82, 2.24) is 29.0 Å². The van der Waals surface area contributed by atoms with Gasteiger partial charge in [0.1, 0.15) is 11.0 Å². The molecule has 4 heterocycles. The van der Waals surface area contributed by atoms with E-state index in [-0.39, 0.29) is 11.0 Å². The molecule has 3 aromatic heterocycles. The maximum Gasteiger partial charge on any atom is 0.316 e. The van der Waals surface area contributed by atoms with E-state index in [0.717, 1.165) is 11.1 Å². The Hall–Kier alpha value is -2.85. The van der Waals surface area contributed by atoms with Gasteiger partial charge in [0.2, 0.25) is 10.0 Å². The van der Waals surface area contributed by atoms with Gasteiger partial charge in [-0.05, 0) is 25.0 Å². The first kappa shape index (κ1) is 18.5. The van der Waals surface area contributed by atoms with E-state index >= 15 is 0 Å². The van der Waals surface area contributed by atoms with Gasteiger partial charge in [-0.2, -0.15) is 9.40 Å². The highest BCUT2D eigenvalue weighted by Gasteiger charge is 2.30. The predicted molar refractivity (Wildman–Crippen MR) is 101 cm³/mol. The molecule has 0 amide bonds. The van der Waals surface area contributed by atoms with Gasteiger partial charge in [-0.15, -0.1) is 0 Å². The van der Waals surface area contributed by atoms with E-state index in [2.05, 4.69) is 20.1 Å². The minimum atomic E-state index is -3.52. The quantitative estimate of drug-likeness (QED) is 0.639. The van der Waals surface area contributed by atoms with E-state index in [9.17, 15) is 8.42 Å². The highest BCUT2D eigenvalue weighted by molar-refractivity contribution is 7.89. The van der Waals surface area contributed by atoms with Crippen LogP contribution in [0.1, 0.15) is 12.8 Å². The van der Waals surface area contributed by atoms with Crippen molar-refractivity contribution < 1.29 is 13.2 Å². The van der Waals surface area contributed by atoms with Crippen LogP contribution in [-0.4, -0.2) is 56.6 Å². The first-order chi connectivity index (χ1) is 13.5. The van der Waals surface area contributed by atoms with Crippen molar-refractivity contribution >= 4 is 10.0 Å². The topological polar surface area (TPSA) is 103 Å². The van der Waals surface area contributed by atoms with Gasteiger partial charge in [-0.3, -0.25) is 9.67 Å². The lowest BCUT2D eigenvalue weighted by atomic mass is 10.1. The predicted octanol–water partition coefficient (Wildman–Crippen LogP) is 1.50. The molecule has 146 valence electrons. The Kier molecular flexibility index (Phi) is 5.05. The lowest BCUT2D eigenvalue weighted by Crippen LogP contribution is -2.41. The van der Waals surface area contributed by atoms with Gasteiger partial charge in [0, 0.05) is 62.2 Å². The Bertz CT molecular complexity index is 1030. The molecule has 1 aliphatic rings. The third-order valence-corrected chi connectivity index (χ3v) is 6.49. The number of nitrogens with zero attached hydrogens (tertiary/aromatic N) is 6. The number of aryl methyl sites for hydroxylation is 1. The van der Waals surface area contributed by atoms with Crippen LogP contribution in [0.3, 0.4) is 0 Å². The van der Waals surface area contributed by atoms with Crippen LogP contribution in [0.15, 0.2) is 54.2 Å². The summed E-state index contributed by atoms with van der Waals surface area (Å²) in [7, 11) is -1.67. The second kappa shape index (κ2) is 7.64. The van der Waals surface area contributed by atoms with Crippen molar-refractivity contribution in [2.75, 3.05) is 13.1 Å². The molecule has 10 heteroatoms. The van der Waals surface area contributed by atoms with Crippen molar-refractivity contribution in [3.63, 3.8) is 0 Å². The molecular weight excluding hydrogens is 380 g/mol. The van der Waals surface area contributed by atoms with Crippen LogP contribution in [0.5, 0.6) is 6.01 Å². The molecule has 0 radical (unpaired) electrons. The summed E-state index contributed by atoms with van der Waals surface area (Å²) >= 11 is 0. The van der Waals surface area contributed by atoms with Gasteiger partial charge in [-0.1, -0.05) is 0 Å². The van der Waals surface area contributed by atoms with E-state index in [1.54, 1.807) is 41.6 Å². The Labute approximate surface area is 163 Å². The number of piperidine rings is 1. The molecule has 1 saturated heterocycles. The molecule has 0 saturated carbocycles. The number of sulfonamides is 1. The van der Waals surface area contributed by atoms with Crippen LogP contribution in [0.2, 0.25) is 0 Å². The number of rotatable bonds is 5. The highest BCUT2D eigenvalue weighted by atomic mass is 32.2. The molecular formula is C18H20N6O3S. The number of hydrogen-bond donors (Lipinski definition) is 0. The van der Waals surface area contributed by atoms with Gasteiger partial charge in [-0.25, -0.2) is 18.4 Å². The van der Waals surface area contributed by atoms with Gasteiger partial charge in [0.15, 0.2) is 0 Å². The minimum absolute atomic E-state index is 0.121. The summed E-state index contributed by atoms with van der Waals surface area (Å²) in [5, 5.41) is 4.13. The monoisotopic (exact) mass is 400 g/mol. The molecule has 9 nitrogen and oxygen atoms in total. The van der Waals surface area contributed by atoms with Crippen LogP contribution in [0.25, 0.3) is 11.1 Å². The molecule has 1 fully saturated rings. The number of hydrogen-bond acceptors (Lipinski definition) is 7. The molecule has 0 atom stereocenters. The molecule has 0 spiro atoms. The lowest BCUT2D eigenvalue weighted by molar-refractivity contribution is 0.124. The minimum Gasteiger partial charge on any atom is -0.460 e. The van der Waals surface area contributed by atoms with Crippen molar-refractivity contribution in [3.8, 4) is 17.1 Å². The fourth-order valence-corrected chi connectivity index (χ4v) is 4.52. The van der Waals surface area contributed by atoms with Crippen molar-refractivity contribution in [3.05, 3.63) is 49.3 Å². The van der Waals surface area contributed by atoms with Crippen LogP contribution < -0.4 is 4.74 Å². The fraction of sp³-hybridized carbons (Fsp3) is 0.333. The van der Waals surface area contributed by atoms with Crippen LogP contribution in [0, 0.1) is 0 Å². The van der Waals surface area contributed by atoms with Gasteiger partial charge >= 0.3 is 6.01 Å². The first-order valence-corrected chi connectivity index (χ1v) is 10.3. The fourth-order valence-electron chi connectivity index (χ4n) is 3.08. The summed E-state index contributed by atoms with van der Waals surface area (Å²) in [6.07, 6.45) is 11.0. The molecule has 0 bridgehead atoms. The molecule has 3 aromatic rings. The molecule has 4 rings (SSSR count). The number of aromatic nitrogens is 5. The maximum atomic E-state index is 12.6. The second-order valence-corrected chi connectivity index (χ2v) is 8.50. The van der Waals surface area contributed by atoms with Crippen molar-refractivity contribution in [1.29, 1.82) is 0 Å². The average molecular weight is 400 g/mol. The Morgan fingerprint density at radius 2 is 1.82 bits per heavy atom. The largest absolute Gasteiger partial charge is 0.460 e. The summed E-state index contributed by atoms with van der Waals surface area (Å²) in [5.41, 5.74) is 1.79. The van der Waals surface area contributed by atoms with Gasteiger partial charge < -0.3 is 4.74 Å². The first-order valence-electron chi connectivity index (χ1n) is 8.90. The Morgan fingerprint density at radius 1 is 1.07 bits per heavy atom. The van der Waals surface area contributed by atoms with E-state index in [0.29, 0.717) is 31.9 Å².